The van der Waals surface area contributed by atoms with Crippen molar-refractivity contribution in [3.05, 3.63) is 93.2 Å². The number of carbonyl (C=O) groups excluding carboxylic acids is 3. The van der Waals surface area contributed by atoms with Crippen LogP contribution in [0.1, 0.15) is 43.9 Å². The van der Waals surface area contributed by atoms with Crippen LogP contribution in [0.2, 0.25) is 0 Å². The normalized spacial score (nSPS) is 14.9. The fourth-order valence-electron chi connectivity index (χ4n) is 4.46. The standard InChI is InChI=1S/C31H43N7O6S/c1-20(2)16-26(35-30(41)27(37-38-33)18-22-8-6-5-7-9-22)29(40)36-28(21(3)39)31(42)34-25(14-15-45(4,43)44)17-23-10-12-24(19-32)13-11-23/h5-15,20-21,25-28,39H,16-19,32H2,1-4H3,(H,34,42)(H,35,41)(H,36,40)/b15-14+/t21-,25-,26+,27?,28+/m1/s1. The molecule has 0 aromatic heterocycles. The summed E-state index contributed by atoms with van der Waals surface area (Å²) in [5.41, 5.74) is 17.2. The molecule has 13 nitrogen and oxygen atoms in total. The molecule has 0 fully saturated rings. The van der Waals surface area contributed by atoms with Crippen LogP contribution in [0.3, 0.4) is 0 Å². The summed E-state index contributed by atoms with van der Waals surface area (Å²) in [6, 6.07) is 11.7. The first-order chi connectivity index (χ1) is 21.2. The van der Waals surface area contributed by atoms with Crippen LogP contribution in [0, 0.1) is 5.92 Å². The van der Waals surface area contributed by atoms with Gasteiger partial charge in [0.25, 0.3) is 0 Å². The number of nitrogens with two attached hydrogens (primary N) is 1. The van der Waals surface area contributed by atoms with Gasteiger partial charge in [-0.05, 0) is 54.3 Å². The molecule has 3 amide bonds. The van der Waals surface area contributed by atoms with Crippen LogP contribution in [0.15, 0.2) is 71.2 Å². The number of aliphatic hydroxyl groups excluding tert-OH is 1. The van der Waals surface area contributed by atoms with Gasteiger partial charge < -0.3 is 26.8 Å². The lowest BCUT2D eigenvalue weighted by Crippen LogP contribution is -2.59. The highest BCUT2D eigenvalue weighted by Gasteiger charge is 2.32. The van der Waals surface area contributed by atoms with Crippen molar-refractivity contribution in [1.82, 2.24) is 16.0 Å². The van der Waals surface area contributed by atoms with Crippen molar-refractivity contribution in [2.75, 3.05) is 6.26 Å². The molecule has 6 N–H and O–H groups in total. The van der Waals surface area contributed by atoms with Gasteiger partial charge in [0.1, 0.15) is 18.1 Å². The van der Waals surface area contributed by atoms with Crippen molar-refractivity contribution in [1.29, 1.82) is 0 Å². The van der Waals surface area contributed by atoms with Gasteiger partial charge in [0.2, 0.25) is 17.7 Å². The molecule has 2 aromatic rings. The minimum Gasteiger partial charge on any atom is -0.391 e. The van der Waals surface area contributed by atoms with E-state index < -0.39 is 57.8 Å². The van der Waals surface area contributed by atoms with Crippen molar-refractivity contribution < 1.29 is 27.9 Å². The number of nitrogens with one attached hydrogen (secondary N) is 3. The second-order valence-electron chi connectivity index (χ2n) is 11.3. The van der Waals surface area contributed by atoms with Gasteiger partial charge in [0, 0.05) is 23.1 Å². The summed E-state index contributed by atoms with van der Waals surface area (Å²) in [6.07, 6.45) is 1.53. The maximum Gasteiger partial charge on any atom is 0.245 e. The molecule has 0 saturated heterocycles. The molecular weight excluding hydrogens is 598 g/mol. The number of amides is 3. The summed E-state index contributed by atoms with van der Waals surface area (Å²) < 4.78 is 23.6. The molecule has 0 aliphatic heterocycles. The largest absolute Gasteiger partial charge is 0.391 e. The third-order valence-corrected chi connectivity index (χ3v) is 7.42. The Hall–Kier alpha value is -4.23. The number of carbonyl (C=O) groups is 3. The van der Waals surface area contributed by atoms with E-state index in [4.69, 9.17) is 11.3 Å². The maximum atomic E-state index is 13.4. The van der Waals surface area contributed by atoms with Crippen LogP contribution in [0.4, 0.5) is 0 Å². The molecule has 0 aliphatic rings. The molecule has 0 radical (unpaired) electrons. The first-order valence-electron chi connectivity index (χ1n) is 14.6. The molecule has 2 rings (SSSR count). The molecule has 0 spiro atoms. The van der Waals surface area contributed by atoms with Gasteiger partial charge in [-0.2, -0.15) is 0 Å². The van der Waals surface area contributed by atoms with Crippen molar-refractivity contribution in [3.63, 3.8) is 0 Å². The van der Waals surface area contributed by atoms with Gasteiger partial charge in [-0.25, -0.2) is 8.42 Å². The summed E-state index contributed by atoms with van der Waals surface area (Å²) >= 11 is 0. The molecule has 244 valence electrons. The summed E-state index contributed by atoms with van der Waals surface area (Å²) in [5, 5.41) is 22.9. The van der Waals surface area contributed by atoms with Gasteiger partial charge in [0.05, 0.1) is 12.1 Å². The van der Waals surface area contributed by atoms with Crippen LogP contribution in [-0.2, 0) is 43.6 Å². The number of rotatable bonds is 17. The van der Waals surface area contributed by atoms with Crippen LogP contribution < -0.4 is 21.7 Å². The van der Waals surface area contributed by atoms with Crippen molar-refractivity contribution >= 4 is 27.6 Å². The Morgan fingerprint density at radius 3 is 2.04 bits per heavy atom. The zero-order valence-electron chi connectivity index (χ0n) is 26.0. The summed E-state index contributed by atoms with van der Waals surface area (Å²) in [4.78, 5) is 42.8. The van der Waals surface area contributed by atoms with E-state index in [9.17, 15) is 27.9 Å². The quantitative estimate of drug-likeness (QED) is 0.0983. The van der Waals surface area contributed by atoms with Crippen molar-refractivity contribution in [2.24, 2.45) is 16.8 Å². The minimum absolute atomic E-state index is 0.0527. The first-order valence-corrected chi connectivity index (χ1v) is 16.5. The molecule has 1 unspecified atom stereocenters. The van der Waals surface area contributed by atoms with Crippen LogP contribution in [0.5, 0.6) is 0 Å². The fourth-order valence-corrected chi connectivity index (χ4v) is 4.93. The molecule has 0 saturated carbocycles. The van der Waals surface area contributed by atoms with Gasteiger partial charge in [0.15, 0.2) is 9.84 Å². The van der Waals surface area contributed by atoms with Crippen LogP contribution in [0.25, 0.3) is 10.4 Å². The Bertz CT molecular complexity index is 1460. The number of azide groups is 1. The van der Waals surface area contributed by atoms with E-state index >= 15 is 0 Å². The number of benzene rings is 2. The lowest BCUT2D eigenvalue weighted by molar-refractivity contribution is -0.134. The van der Waals surface area contributed by atoms with Crippen LogP contribution in [-0.4, -0.2) is 67.8 Å². The molecule has 14 heteroatoms. The monoisotopic (exact) mass is 641 g/mol. The number of aliphatic hydroxyl groups is 1. The molecule has 0 aliphatic carbocycles. The van der Waals surface area contributed by atoms with E-state index in [-0.39, 0.29) is 25.2 Å². The maximum absolute atomic E-state index is 13.4. The molecular formula is C31H43N7O6S. The van der Waals surface area contributed by atoms with E-state index in [1.54, 1.807) is 24.3 Å². The topological polar surface area (TPSA) is 216 Å². The molecule has 0 heterocycles. The average Bonchev–Trinajstić information content (AvgIpc) is 2.98. The lowest BCUT2D eigenvalue weighted by Gasteiger charge is -2.27. The number of hydrogen-bond acceptors (Lipinski definition) is 8. The molecule has 5 atom stereocenters. The molecule has 45 heavy (non-hydrogen) atoms. The van der Waals surface area contributed by atoms with Crippen molar-refractivity contribution in [2.45, 2.75) is 76.8 Å². The predicted octanol–water partition coefficient (Wildman–Crippen LogP) is 2.05. The third kappa shape index (κ3) is 13.5. The van der Waals surface area contributed by atoms with Crippen LogP contribution >= 0.6 is 0 Å². The Balaban J connectivity index is 2.24. The van der Waals surface area contributed by atoms with Gasteiger partial charge in [-0.15, -0.1) is 0 Å². The summed E-state index contributed by atoms with van der Waals surface area (Å²) in [7, 11) is -3.52. The van der Waals surface area contributed by atoms with E-state index in [1.165, 1.54) is 13.0 Å². The minimum atomic E-state index is -3.52. The predicted molar refractivity (Wildman–Crippen MR) is 172 cm³/mol. The fraction of sp³-hybridized carbons (Fsp3) is 0.452. The molecule has 2 aromatic carbocycles. The summed E-state index contributed by atoms with van der Waals surface area (Å²) in [5.74, 6) is -2.20. The van der Waals surface area contributed by atoms with Gasteiger partial charge in [-0.3, -0.25) is 14.4 Å². The number of sulfone groups is 1. The Kier molecular flexibility index (Phi) is 14.7. The number of nitrogens with zero attached hydrogens (tertiary/aromatic N) is 3. The number of hydrogen-bond donors (Lipinski definition) is 5. The first kappa shape index (κ1) is 37.0. The zero-order valence-corrected chi connectivity index (χ0v) is 26.8. The Morgan fingerprint density at radius 1 is 0.911 bits per heavy atom. The Labute approximate surface area is 264 Å². The van der Waals surface area contributed by atoms with E-state index in [1.807, 2.05) is 44.2 Å². The highest BCUT2D eigenvalue weighted by molar-refractivity contribution is 7.93. The van der Waals surface area contributed by atoms with Gasteiger partial charge >= 0.3 is 0 Å². The average molecular weight is 642 g/mol. The SMILES string of the molecule is CC(C)C[C@H](NC(=O)C(Cc1ccccc1)N=[N+]=[N-])C(=O)N[C@H](C(=O)N[C@H](/C=C/S(C)(=O)=O)Cc1ccc(CN)cc1)[C@@H](C)O. The second-order valence-corrected chi connectivity index (χ2v) is 13.3. The highest BCUT2D eigenvalue weighted by Crippen LogP contribution is 2.12. The van der Waals surface area contributed by atoms with E-state index in [2.05, 4.69) is 26.0 Å². The zero-order chi connectivity index (χ0) is 33.6. The van der Waals surface area contributed by atoms with E-state index in [0.717, 1.165) is 28.4 Å². The smallest absolute Gasteiger partial charge is 0.245 e. The van der Waals surface area contributed by atoms with Crippen molar-refractivity contribution in [3.8, 4) is 0 Å². The summed E-state index contributed by atoms with van der Waals surface area (Å²) in [6.45, 7) is 5.37. The third-order valence-electron chi connectivity index (χ3n) is 6.77. The van der Waals surface area contributed by atoms with E-state index in [0.29, 0.717) is 6.54 Å². The lowest BCUT2D eigenvalue weighted by atomic mass is 10.0. The molecule has 0 bridgehead atoms. The highest BCUT2D eigenvalue weighted by atomic mass is 32.2. The van der Waals surface area contributed by atoms with Gasteiger partial charge in [-0.1, -0.05) is 79.6 Å². The Morgan fingerprint density at radius 2 is 1.51 bits per heavy atom. The second kappa shape index (κ2) is 17.9.